The highest BCUT2D eigenvalue weighted by atomic mass is 14.6. The molecule has 2 nitrogen and oxygen atoms in total. The van der Waals surface area contributed by atoms with E-state index in [2.05, 4.69) is 31.5 Å². The molecule has 0 saturated heterocycles. The summed E-state index contributed by atoms with van der Waals surface area (Å²) in [5.74, 6) is 0.471. The van der Waals surface area contributed by atoms with E-state index in [0.29, 0.717) is 5.92 Å². The van der Waals surface area contributed by atoms with E-state index in [0.717, 1.165) is 10.6 Å². The van der Waals surface area contributed by atoms with E-state index in [1.807, 2.05) is 12.3 Å². The zero-order valence-electron chi connectivity index (χ0n) is 8.70. The summed E-state index contributed by atoms with van der Waals surface area (Å²) in [5, 5.41) is 1.82. The fraction of sp³-hybridized carbons (Fsp3) is 0.250. The zero-order chi connectivity index (χ0) is 10.6. The number of hydrogen-bond acceptors (Lipinski definition) is 2. The number of nitrogens with two attached hydrogens (primary N) is 1. The molecule has 1 heterocycles. The van der Waals surface area contributed by atoms with Gasteiger partial charge in [0.2, 0.25) is 0 Å². The maximum Gasteiger partial charge on any atom is 0.0716 e. The van der Waals surface area contributed by atoms with Crippen LogP contribution >= 0.6 is 0 Å². The largest absolute Gasteiger partial charge is 0.404 e. The summed E-state index contributed by atoms with van der Waals surface area (Å²) >= 11 is 0. The van der Waals surface area contributed by atoms with E-state index in [-0.39, 0.29) is 0 Å². The van der Waals surface area contributed by atoms with Gasteiger partial charge in [-0.25, -0.2) is 0 Å². The van der Waals surface area contributed by atoms with Crippen LogP contribution in [-0.2, 0) is 0 Å². The summed E-state index contributed by atoms with van der Waals surface area (Å²) in [7, 11) is 0. The molecule has 0 radical (unpaired) electrons. The van der Waals surface area contributed by atoms with Gasteiger partial charge in [-0.15, -0.1) is 0 Å². The van der Waals surface area contributed by atoms with Crippen molar-refractivity contribution in [3.63, 3.8) is 0 Å². The number of aromatic nitrogens is 1. The van der Waals surface area contributed by atoms with Crippen LogP contribution in [-0.4, -0.2) is 4.98 Å². The SMILES string of the molecule is C=C/C=c1/ncc(C(C)C)c/c1=C/N. The lowest BCUT2D eigenvalue weighted by Crippen LogP contribution is -2.29. The minimum Gasteiger partial charge on any atom is -0.404 e. The average Bonchev–Trinajstić information content (AvgIpc) is 2.18. The van der Waals surface area contributed by atoms with Crippen LogP contribution in [0.15, 0.2) is 24.9 Å². The molecule has 1 rings (SSSR count). The van der Waals surface area contributed by atoms with Gasteiger partial charge in [0.05, 0.1) is 5.35 Å². The Hall–Kier alpha value is -1.57. The Labute approximate surface area is 84.5 Å². The molecular weight excluding hydrogens is 172 g/mol. The summed E-state index contributed by atoms with van der Waals surface area (Å²) in [4.78, 5) is 4.32. The van der Waals surface area contributed by atoms with Crippen molar-refractivity contribution in [2.45, 2.75) is 19.8 Å². The summed E-state index contributed by atoms with van der Waals surface area (Å²) in [6.45, 7) is 7.90. The van der Waals surface area contributed by atoms with E-state index in [1.165, 1.54) is 5.56 Å². The van der Waals surface area contributed by atoms with Crippen molar-refractivity contribution in [2.75, 3.05) is 0 Å². The maximum atomic E-state index is 5.53. The van der Waals surface area contributed by atoms with Gasteiger partial charge in [0.1, 0.15) is 0 Å². The molecule has 14 heavy (non-hydrogen) atoms. The van der Waals surface area contributed by atoms with Crippen LogP contribution in [0.5, 0.6) is 0 Å². The molecule has 0 aliphatic heterocycles. The lowest BCUT2D eigenvalue weighted by atomic mass is 10.1. The van der Waals surface area contributed by atoms with E-state index in [1.54, 1.807) is 12.3 Å². The normalized spacial score (nSPS) is 13.6. The topological polar surface area (TPSA) is 38.9 Å². The summed E-state index contributed by atoms with van der Waals surface area (Å²) in [5.41, 5.74) is 6.73. The second-order valence-electron chi connectivity index (χ2n) is 3.47. The van der Waals surface area contributed by atoms with E-state index in [4.69, 9.17) is 5.73 Å². The molecule has 1 aromatic rings. The van der Waals surface area contributed by atoms with Gasteiger partial charge in [-0.2, -0.15) is 0 Å². The molecule has 0 unspecified atom stereocenters. The van der Waals surface area contributed by atoms with Gasteiger partial charge in [0, 0.05) is 17.6 Å². The second kappa shape index (κ2) is 4.61. The van der Waals surface area contributed by atoms with Gasteiger partial charge >= 0.3 is 0 Å². The standard InChI is InChI=1S/C12H16N2/c1-4-5-12-10(7-13)6-11(8-14-12)9(2)3/h4-9H,1,13H2,2-3H3/b10-7-,12-5+. The van der Waals surface area contributed by atoms with Gasteiger partial charge in [-0.05, 0) is 23.6 Å². The molecule has 74 valence electrons. The molecular formula is C12H16N2. The van der Waals surface area contributed by atoms with Crippen LogP contribution in [0.1, 0.15) is 25.3 Å². The highest BCUT2D eigenvalue weighted by molar-refractivity contribution is 5.36. The number of nitrogens with zero attached hydrogens (tertiary/aromatic N) is 1. The highest BCUT2D eigenvalue weighted by Crippen LogP contribution is 2.08. The Kier molecular flexibility index (Phi) is 3.46. The Morgan fingerprint density at radius 1 is 1.50 bits per heavy atom. The zero-order valence-corrected chi connectivity index (χ0v) is 8.70. The van der Waals surface area contributed by atoms with Crippen molar-refractivity contribution >= 4 is 12.3 Å². The van der Waals surface area contributed by atoms with Crippen LogP contribution in [0.4, 0.5) is 0 Å². The maximum absolute atomic E-state index is 5.53. The van der Waals surface area contributed by atoms with Crippen LogP contribution in [0.3, 0.4) is 0 Å². The number of pyridine rings is 1. The molecule has 0 bridgehead atoms. The minimum atomic E-state index is 0.471. The van der Waals surface area contributed by atoms with E-state index in [9.17, 15) is 0 Å². The lowest BCUT2D eigenvalue weighted by Gasteiger charge is -2.03. The Bertz CT molecular complexity index is 430. The first-order valence-corrected chi connectivity index (χ1v) is 4.69. The second-order valence-corrected chi connectivity index (χ2v) is 3.47. The summed E-state index contributed by atoms with van der Waals surface area (Å²) in [6, 6.07) is 2.06. The van der Waals surface area contributed by atoms with Gasteiger partial charge in [0.15, 0.2) is 0 Å². The molecule has 2 N–H and O–H groups in total. The molecule has 0 spiro atoms. The lowest BCUT2D eigenvalue weighted by molar-refractivity contribution is 0.853. The smallest absolute Gasteiger partial charge is 0.0716 e. The van der Waals surface area contributed by atoms with Crippen molar-refractivity contribution in [2.24, 2.45) is 5.73 Å². The van der Waals surface area contributed by atoms with Crippen molar-refractivity contribution in [3.8, 4) is 0 Å². The third-order valence-electron chi connectivity index (χ3n) is 2.09. The summed E-state index contributed by atoms with van der Waals surface area (Å²) < 4.78 is 0. The number of rotatable bonds is 2. The van der Waals surface area contributed by atoms with Crippen molar-refractivity contribution in [1.82, 2.24) is 4.98 Å². The van der Waals surface area contributed by atoms with Crippen molar-refractivity contribution in [1.29, 1.82) is 0 Å². The van der Waals surface area contributed by atoms with Gasteiger partial charge in [-0.3, -0.25) is 4.98 Å². The van der Waals surface area contributed by atoms with Crippen molar-refractivity contribution in [3.05, 3.63) is 41.0 Å². The van der Waals surface area contributed by atoms with E-state index < -0.39 is 0 Å². The van der Waals surface area contributed by atoms with Gasteiger partial charge in [-0.1, -0.05) is 26.5 Å². The molecule has 0 aliphatic carbocycles. The molecule has 0 fully saturated rings. The molecule has 0 amide bonds. The Morgan fingerprint density at radius 2 is 2.21 bits per heavy atom. The quantitative estimate of drug-likeness (QED) is 0.748. The molecule has 2 heteroatoms. The third-order valence-corrected chi connectivity index (χ3v) is 2.09. The molecule has 0 saturated carbocycles. The predicted molar refractivity (Wildman–Crippen MR) is 60.9 cm³/mol. The Morgan fingerprint density at radius 3 is 2.71 bits per heavy atom. The average molecular weight is 188 g/mol. The minimum absolute atomic E-state index is 0.471. The first kappa shape index (κ1) is 10.5. The van der Waals surface area contributed by atoms with Crippen molar-refractivity contribution < 1.29 is 0 Å². The highest BCUT2D eigenvalue weighted by Gasteiger charge is 1.98. The fourth-order valence-corrected chi connectivity index (χ4v) is 1.21. The molecule has 0 atom stereocenters. The number of allylic oxidation sites excluding steroid dienone is 1. The van der Waals surface area contributed by atoms with E-state index >= 15 is 0 Å². The van der Waals surface area contributed by atoms with Gasteiger partial charge < -0.3 is 5.73 Å². The third kappa shape index (κ3) is 2.22. The van der Waals surface area contributed by atoms with Crippen LogP contribution in [0.25, 0.3) is 12.3 Å². The fourth-order valence-electron chi connectivity index (χ4n) is 1.21. The first-order chi connectivity index (χ1) is 6.69. The molecule has 1 aromatic heterocycles. The monoisotopic (exact) mass is 188 g/mol. The predicted octanol–water partition coefficient (Wildman–Crippen LogP) is 0.868. The summed E-state index contributed by atoms with van der Waals surface area (Å²) in [6.07, 6.45) is 7.02. The number of hydrogen-bond donors (Lipinski definition) is 1. The molecule has 0 aliphatic rings. The van der Waals surface area contributed by atoms with Crippen LogP contribution in [0, 0.1) is 0 Å². The first-order valence-electron chi connectivity index (χ1n) is 4.69. The Balaban J connectivity index is 3.41. The van der Waals surface area contributed by atoms with Crippen LogP contribution < -0.4 is 16.3 Å². The molecule has 0 aromatic carbocycles. The van der Waals surface area contributed by atoms with Gasteiger partial charge in [0.25, 0.3) is 0 Å². The van der Waals surface area contributed by atoms with Crippen LogP contribution in [0.2, 0.25) is 0 Å².